The van der Waals surface area contributed by atoms with Gasteiger partial charge in [-0.05, 0) is 24.8 Å². The maximum absolute atomic E-state index is 13.6. The number of rotatable bonds is 5. The number of halogens is 1. The van der Waals surface area contributed by atoms with Gasteiger partial charge in [0.2, 0.25) is 0 Å². The second-order valence-corrected chi connectivity index (χ2v) is 4.31. The molecule has 1 unspecified atom stereocenters. The van der Waals surface area contributed by atoms with Crippen molar-refractivity contribution in [2.24, 2.45) is 5.73 Å². The molecule has 0 aliphatic rings. The Morgan fingerprint density at radius 1 is 1.62 bits per heavy atom. The van der Waals surface area contributed by atoms with Crippen LogP contribution in [0.4, 0.5) is 4.39 Å². The summed E-state index contributed by atoms with van der Waals surface area (Å²) >= 11 is 1.45. The molecule has 0 aliphatic carbocycles. The Hall–Kier alpha value is -1.07. The molecule has 1 atom stereocenters. The van der Waals surface area contributed by atoms with Gasteiger partial charge in [-0.25, -0.2) is 4.39 Å². The largest absolute Gasteiger partial charge is 0.481 e. The van der Waals surface area contributed by atoms with Crippen molar-refractivity contribution >= 4 is 17.7 Å². The van der Waals surface area contributed by atoms with Crippen LogP contribution in [0.15, 0.2) is 23.1 Å². The molecule has 5 heteroatoms. The minimum atomic E-state index is -0.920. The van der Waals surface area contributed by atoms with Crippen molar-refractivity contribution in [2.45, 2.75) is 23.8 Å². The van der Waals surface area contributed by atoms with Crippen LogP contribution in [-0.2, 0) is 4.79 Å². The fraction of sp³-hybridized carbons (Fsp3) is 0.364. The zero-order valence-electron chi connectivity index (χ0n) is 8.94. The van der Waals surface area contributed by atoms with Gasteiger partial charge in [-0.2, -0.15) is 0 Å². The molecule has 0 aliphatic heterocycles. The lowest BCUT2D eigenvalue weighted by Crippen LogP contribution is -2.13. The summed E-state index contributed by atoms with van der Waals surface area (Å²) in [6.45, 7) is 0. The lowest BCUT2D eigenvalue weighted by Gasteiger charge is -2.12. The van der Waals surface area contributed by atoms with E-state index >= 15 is 0 Å². The lowest BCUT2D eigenvalue weighted by atomic mass is 10.0. The number of aliphatic carboxylic acids is 1. The summed E-state index contributed by atoms with van der Waals surface area (Å²) in [5.74, 6) is -1.29. The summed E-state index contributed by atoms with van der Waals surface area (Å²) < 4.78 is 13.6. The second-order valence-electron chi connectivity index (χ2n) is 3.43. The van der Waals surface area contributed by atoms with E-state index in [-0.39, 0.29) is 18.7 Å². The van der Waals surface area contributed by atoms with Crippen molar-refractivity contribution in [3.63, 3.8) is 0 Å². The minimum Gasteiger partial charge on any atom is -0.481 e. The predicted molar refractivity (Wildman–Crippen MR) is 62.0 cm³/mol. The zero-order valence-corrected chi connectivity index (χ0v) is 9.76. The van der Waals surface area contributed by atoms with E-state index in [4.69, 9.17) is 10.8 Å². The van der Waals surface area contributed by atoms with Gasteiger partial charge in [-0.3, -0.25) is 4.79 Å². The number of hydrogen-bond acceptors (Lipinski definition) is 3. The normalized spacial score (nSPS) is 12.4. The SMILES string of the molecule is CSc1ccc(C(N)CCC(=O)O)c(F)c1. The summed E-state index contributed by atoms with van der Waals surface area (Å²) in [6, 6.07) is 4.25. The van der Waals surface area contributed by atoms with E-state index in [0.717, 1.165) is 4.90 Å². The van der Waals surface area contributed by atoms with Crippen LogP contribution in [0.2, 0.25) is 0 Å². The average molecular weight is 243 g/mol. The van der Waals surface area contributed by atoms with Crippen molar-refractivity contribution in [3.05, 3.63) is 29.6 Å². The van der Waals surface area contributed by atoms with Gasteiger partial charge in [-0.1, -0.05) is 6.07 Å². The van der Waals surface area contributed by atoms with E-state index in [0.29, 0.717) is 5.56 Å². The summed E-state index contributed by atoms with van der Waals surface area (Å²) in [5, 5.41) is 8.51. The van der Waals surface area contributed by atoms with E-state index in [1.165, 1.54) is 17.8 Å². The molecule has 0 bridgehead atoms. The molecule has 0 heterocycles. The molecule has 0 amide bonds. The molecule has 3 nitrogen and oxygen atoms in total. The number of nitrogens with two attached hydrogens (primary N) is 1. The first-order valence-corrected chi connectivity index (χ1v) is 6.08. The van der Waals surface area contributed by atoms with E-state index in [1.807, 2.05) is 6.26 Å². The second kappa shape index (κ2) is 5.86. The third kappa shape index (κ3) is 3.50. The molecule has 0 saturated heterocycles. The molecule has 1 rings (SSSR count). The van der Waals surface area contributed by atoms with Crippen LogP contribution in [0, 0.1) is 5.82 Å². The molecule has 0 aromatic heterocycles. The standard InChI is InChI=1S/C11H14FNO2S/c1-16-7-2-3-8(9(12)6-7)10(13)4-5-11(14)15/h2-3,6,10H,4-5,13H2,1H3,(H,14,15). The van der Waals surface area contributed by atoms with Gasteiger partial charge in [0.15, 0.2) is 0 Å². The zero-order chi connectivity index (χ0) is 12.1. The van der Waals surface area contributed by atoms with E-state index in [2.05, 4.69) is 0 Å². The van der Waals surface area contributed by atoms with Gasteiger partial charge in [-0.15, -0.1) is 11.8 Å². The van der Waals surface area contributed by atoms with Crippen molar-refractivity contribution < 1.29 is 14.3 Å². The van der Waals surface area contributed by atoms with Crippen LogP contribution in [0.1, 0.15) is 24.4 Å². The van der Waals surface area contributed by atoms with Gasteiger partial charge in [0.25, 0.3) is 0 Å². The Morgan fingerprint density at radius 3 is 2.81 bits per heavy atom. The van der Waals surface area contributed by atoms with Crippen molar-refractivity contribution in [1.82, 2.24) is 0 Å². The lowest BCUT2D eigenvalue weighted by molar-refractivity contribution is -0.137. The minimum absolute atomic E-state index is 0.0507. The number of carbonyl (C=O) groups is 1. The van der Waals surface area contributed by atoms with Gasteiger partial charge in [0.1, 0.15) is 5.82 Å². The van der Waals surface area contributed by atoms with Crippen LogP contribution in [0.3, 0.4) is 0 Å². The van der Waals surface area contributed by atoms with Crippen LogP contribution in [0.5, 0.6) is 0 Å². The Labute approximate surface area is 97.8 Å². The molecule has 0 fully saturated rings. The van der Waals surface area contributed by atoms with Crippen LogP contribution >= 0.6 is 11.8 Å². The highest BCUT2D eigenvalue weighted by molar-refractivity contribution is 7.98. The summed E-state index contributed by atoms with van der Waals surface area (Å²) in [6.07, 6.45) is 2.05. The molecule has 3 N–H and O–H groups in total. The quantitative estimate of drug-likeness (QED) is 0.779. The van der Waals surface area contributed by atoms with E-state index < -0.39 is 12.0 Å². The first-order chi connectivity index (χ1) is 7.54. The first kappa shape index (κ1) is 13.0. The number of carboxylic acid groups (broad SMARTS) is 1. The number of hydrogen-bond donors (Lipinski definition) is 2. The predicted octanol–water partition coefficient (Wildman–Crippen LogP) is 2.41. The number of benzene rings is 1. The summed E-state index contributed by atoms with van der Waals surface area (Å²) in [4.78, 5) is 11.2. The van der Waals surface area contributed by atoms with Gasteiger partial charge < -0.3 is 10.8 Å². The maximum atomic E-state index is 13.6. The highest BCUT2D eigenvalue weighted by Crippen LogP contribution is 2.23. The topological polar surface area (TPSA) is 63.3 Å². The highest BCUT2D eigenvalue weighted by atomic mass is 32.2. The van der Waals surface area contributed by atoms with Crippen molar-refractivity contribution in [2.75, 3.05) is 6.26 Å². The highest BCUT2D eigenvalue weighted by Gasteiger charge is 2.13. The molecule has 88 valence electrons. The molecular weight excluding hydrogens is 229 g/mol. The number of thioether (sulfide) groups is 1. The molecule has 0 radical (unpaired) electrons. The van der Waals surface area contributed by atoms with Crippen LogP contribution in [0.25, 0.3) is 0 Å². The van der Waals surface area contributed by atoms with E-state index in [1.54, 1.807) is 12.1 Å². The average Bonchev–Trinajstić information content (AvgIpc) is 2.25. The van der Waals surface area contributed by atoms with Gasteiger partial charge in [0.05, 0.1) is 0 Å². The first-order valence-electron chi connectivity index (χ1n) is 4.85. The van der Waals surface area contributed by atoms with Crippen molar-refractivity contribution in [1.29, 1.82) is 0 Å². The maximum Gasteiger partial charge on any atom is 0.303 e. The Balaban J connectivity index is 2.75. The van der Waals surface area contributed by atoms with Crippen molar-refractivity contribution in [3.8, 4) is 0 Å². The third-order valence-corrected chi connectivity index (χ3v) is 3.00. The summed E-state index contributed by atoms with van der Waals surface area (Å²) in [7, 11) is 0. The molecule has 1 aromatic carbocycles. The van der Waals surface area contributed by atoms with E-state index in [9.17, 15) is 9.18 Å². The smallest absolute Gasteiger partial charge is 0.303 e. The summed E-state index contributed by atoms with van der Waals surface area (Å²) in [5.41, 5.74) is 6.10. The molecule has 1 aromatic rings. The van der Waals surface area contributed by atoms with Gasteiger partial charge in [0, 0.05) is 22.9 Å². The molecular formula is C11H14FNO2S. The molecule has 0 spiro atoms. The van der Waals surface area contributed by atoms with Gasteiger partial charge >= 0.3 is 5.97 Å². The Morgan fingerprint density at radius 2 is 2.31 bits per heavy atom. The van der Waals surface area contributed by atoms with Crippen LogP contribution < -0.4 is 5.73 Å². The number of carboxylic acids is 1. The Bertz CT molecular complexity index is 384. The molecule has 16 heavy (non-hydrogen) atoms. The third-order valence-electron chi connectivity index (χ3n) is 2.28. The monoisotopic (exact) mass is 243 g/mol. The Kier molecular flexibility index (Phi) is 4.76. The fourth-order valence-electron chi connectivity index (χ4n) is 1.37. The fourth-order valence-corrected chi connectivity index (χ4v) is 1.80. The molecule has 0 saturated carbocycles. The van der Waals surface area contributed by atoms with Crippen LogP contribution in [-0.4, -0.2) is 17.3 Å².